The first-order valence-corrected chi connectivity index (χ1v) is 12.1. The summed E-state index contributed by atoms with van der Waals surface area (Å²) in [5.41, 5.74) is 2.70. The summed E-state index contributed by atoms with van der Waals surface area (Å²) in [7, 11) is -3.79. The number of thiophene rings is 1. The highest BCUT2D eigenvalue weighted by atomic mass is 32.2. The molecule has 7 nitrogen and oxygen atoms in total. The second kappa shape index (κ2) is 8.52. The van der Waals surface area contributed by atoms with E-state index in [9.17, 15) is 18.0 Å². The van der Waals surface area contributed by atoms with Crippen molar-refractivity contribution in [2.45, 2.75) is 24.7 Å². The Hall–Kier alpha value is -3.17. The van der Waals surface area contributed by atoms with Crippen LogP contribution >= 0.6 is 11.3 Å². The van der Waals surface area contributed by atoms with Crippen molar-refractivity contribution in [3.8, 4) is 0 Å². The topological polar surface area (TPSA) is 95.6 Å². The zero-order chi connectivity index (χ0) is 22.0. The van der Waals surface area contributed by atoms with Gasteiger partial charge in [-0.3, -0.25) is 14.3 Å². The second-order valence-electron chi connectivity index (χ2n) is 7.06. The van der Waals surface area contributed by atoms with Crippen LogP contribution in [0.5, 0.6) is 0 Å². The Morgan fingerprint density at radius 3 is 2.48 bits per heavy atom. The van der Waals surface area contributed by atoms with Gasteiger partial charge in [0.1, 0.15) is 0 Å². The summed E-state index contributed by atoms with van der Waals surface area (Å²) in [6, 6.07) is 14.8. The number of nitrogens with one attached hydrogen (secondary N) is 2. The average molecular weight is 456 g/mol. The lowest BCUT2D eigenvalue weighted by Gasteiger charge is -2.17. The van der Waals surface area contributed by atoms with E-state index in [1.807, 2.05) is 11.4 Å². The van der Waals surface area contributed by atoms with E-state index in [1.54, 1.807) is 48.2 Å². The zero-order valence-electron chi connectivity index (χ0n) is 16.8. The molecule has 4 rings (SSSR count). The largest absolute Gasteiger partial charge is 0.326 e. The van der Waals surface area contributed by atoms with Crippen LogP contribution < -0.4 is 14.9 Å². The van der Waals surface area contributed by atoms with E-state index in [0.717, 1.165) is 11.3 Å². The summed E-state index contributed by atoms with van der Waals surface area (Å²) in [6.45, 7) is 2.30. The van der Waals surface area contributed by atoms with E-state index in [-0.39, 0.29) is 16.7 Å². The van der Waals surface area contributed by atoms with Gasteiger partial charge in [0.15, 0.2) is 0 Å². The lowest BCUT2D eigenvalue weighted by molar-refractivity contribution is -0.115. The van der Waals surface area contributed by atoms with Crippen molar-refractivity contribution in [1.82, 2.24) is 0 Å². The molecule has 0 spiro atoms. The molecule has 0 fully saturated rings. The first-order valence-electron chi connectivity index (χ1n) is 9.78. The Labute approximate surface area is 184 Å². The molecule has 9 heteroatoms. The molecule has 1 aliphatic rings. The normalized spacial score (nSPS) is 13.0. The van der Waals surface area contributed by atoms with Crippen LogP contribution in [-0.4, -0.2) is 26.8 Å². The van der Waals surface area contributed by atoms with Crippen molar-refractivity contribution in [3.63, 3.8) is 0 Å². The van der Waals surface area contributed by atoms with Gasteiger partial charge in [0.2, 0.25) is 5.91 Å². The maximum Gasteiger partial charge on any atom is 0.268 e. The highest BCUT2D eigenvalue weighted by molar-refractivity contribution is 7.92. The minimum absolute atomic E-state index is 0.0441. The molecule has 2 heterocycles. The quantitative estimate of drug-likeness (QED) is 0.585. The van der Waals surface area contributed by atoms with Gasteiger partial charge in [-0.2, -0.15) is 0 Å². The number of amides is 2. The van der Waals surface area contributed by atoms with E-state index in [4.69, 9.17) is 0 Å². The maximum atomic E-state index is 12.8. The number of rotatable bonds is 6. The molecule has 2 N–H and O–H groups in total. The van der Waals surface area contributed by atoms with Gasteiger partial charge in [-0.1, -0.05) is 13.0 Å². The fourth-order valence-electron chi connectivity index (χ4n) is 3.39. The predicted molar refractivity (Wildman–Crippen MR) is 122 cm³/mol. The van der Waals surface area contributed by atoms with Crippen molar-refractivity contribution in [3.05, 3.63) is 70.4 Å². The molecule has 0 radical (unpaired) electrons. The highest BCUT2D eigenvalue weighted by Gasteiger charge is 2.26. The van der Waals surface area contributed by atoms with Gasteiger partial charge < -0.3 is 10.2 Å². The molecular formula is C22H21N3O4S2. The third-order valence-electron chi connectivity index (χ3n) is 4.97. The van der Waals surface area contributed by atoms with E-state index >= 15 is 0 Å². The molecule has 0 aliphatic carbocycles. The number of carbonyl (C=O) groups excluding carboxylic acids is 2. The van der Waals surface area contributed by atoms with Crippen molar-refractivity contribution < 1.29 is 18.0 Å². The summed E-state index contributed by atoms with van der Waals surface area (Å²) in [4.78, 5) is 26.6. The van der Waals surface area contributed by atoms with E-state index < -0.39 is 10.0 Å². The molecular weight excluding hydrogens is 434 g/mol. The van der Waals surface area contributed by atoms with E-state index in [1.165, 1.54) is 23.5 Å². The molecule has 1 aliphatic heterocycles. The van der Waals surface area contributed by atoms with Gasteiger partial charge >= 0.3 is 0 Å². The van der Waals surface area contributed by atoms with Crippen molar-refractivity contribution in [2.75, 3.05) is 21.5 Å². The van der Waals surface area contributed by atoms with Gasteiger partial charge in [-0.05, 0) is 65.9 Å². The molecule has 31 heavy (non-hydrogen) atoms. The minimum Gasteiger partial charge on any atom is -0.326 e. The van der Waals surface area contributed by atoms with Gasteiger partial charge in [0.05, 0.1) is 9.77 Å². The fraction of sp³-hybridized carbons (Fsp3) is 0.182. The molecule has 3 aromatic rings. The van der Waals surface area contributed by atoms with Crippen LogP contribution in [0.25, 0.3) is 0 Å². The van der Waals surface area contributed by atoms with Crippen LogP contribution in [0.4, 0.5) is 17.1 Å². The summed E-state index contributed by atoms with van der Waals surface area (Å²) in [5, 5.41) is 4.55. The molecule has 2 aromatic carbocycles. The molecule has 0 atom stereocenters. The predicted octanol–water partition coefficient (Wildman–Crippen LogP) is 4.10. The summed E-state index contributed by atoms with van der Waals surface area (Å²) < 4.78 is 28.1. The second-order valence-corrected chi connectivity index (χ2v) is 9.69. The van der Waals surface area contributed by atoms with Crippen molar-refractivity contribution >= 4 is 50.2 Å². The van der Waals surface area contributed by atoms with Gasteiger partial charge in [0, 0.05) is 30.0 Å². The number of benzene rings is 2. The van der Waals surface area contributed by atoms with Crippen LogP contribution in [0, 0.1) is 0 Å². The Kier molecular flexibility index (Phi) is 5.79. The van der Waals surface area contributed by atoms with Crippen molar-refractivity contribution in [2.24, 2.45) is 0 Å². The monoisotopic (exact) mass is 455 g/mol. The standard InChI is InChI=1S/C22H21N3O4S2/c1-2-21(26)23-16-5-8-18(9-6-16)31(28,29)24-17-7-10-19-15(14-17)11-12-25(19)22(27)20-4-3-13-30-20/h3-10,13-14,24H,2,11-12H2,1H3,(H,23,26). The molecule has 0 unspecified atom stereocenters. The summed E-state index contributed by atoms with van der Waals surface area (Å²) in [5.74, 6) is -0.184. The molecule has 1 aromatic heterocycles. The Morgan fingerprint density at radius 1 is 1.06 bits per heavy atom. The number of nitrogens with zero attached hydrogens (tertiary/aromatic N) is 1. The number of carbonyl (C=O) groups is 2. The third-order valence-corrected chi connectivity index (χ3v) is 7.23. The minimum atomic E-state index is -3.79. The molecule has 0 saturated carbocycles. The number of fused-ring (bicyclic) bond motifs is 1. The number of anilines is 3. The van der Waals surface area contributed by atoms with Crippen LogP contribution in [0.15, 0.2) is 64.9 Å². The van der Waals surface area contributed by atoms with E-state index in [2.05, 4.69) is 10.0 Å². The van der Waals surface area contributed by atoms with Crippen LogP contribution in [-0.2, 0) is 21.2 Å². The fourth-order valence-corrected chi connectivity index (χ4v) is 5.11. The van der Waals surface area contributed by atoms with Gasteiger partial charge in [0.25, 0.3) is 15.9 Å². The summed E-state index contributed by atoms with van der Waals surface area (Å²) in [6.07, 6.45) is 1.00. The van der Waals surface area contributed by atoms with Gasteiger partial charge in [-0.15, -0.1) is 11.3 Å². The molecule has 0 saturated heterocycles. The number of hydrogen-bond donors (Lipinski definition) is 2. The zero-order valence-corrected chi connectivity index (χ0v) is 18.4. The smallest absolute Gasteiger partial charge is 0.268 e. The van der Waals surface area contributed by atoms with Gasteiger partial charge in [-0.25, -0.2) is 8.42 Å². The number of sulfonamides is 1. The SMILES string of the molecule is CCC(=O)Nc1ccc(S(=O)(=O)Nc2ccc3c(c2)CCN3C(=O)c2cccs2)cc1. The first kappa shape index (κ1) is 21.1. The summed E-state index contributed by atoms with van der Waals surface area (Å²) >= 11 is 1.40. The van der Waals surface area contributed by atoms with Crippen LogP contribution in [0.1, 0.15) is 28.6 Å². The van der Waals surface area contributed by atoms with Crippen molar-refractivity contribution in [1.29, 1.82) is 0 Å². The van der Waals surface area contributed by atoms with E-state index in [0.29, 0.717) is 35.6 Å². The third kappa shape index (κ3) is 4.47. The average Bonchev–Trinajstić information content (AvgIpc) is 3.43. The Bertz CT molecular complexity index is 1220. The lowest BCUT2D eigenvalue weighted by atomic mass is 10.1. The molecule has 2 amide bonds. The highest BCUT2D eigenvalue weighted by Crippen LogP contribution is 2.33. The Balaban J connectivity index is 1.50. The van der Waals surface area contributed by atoms with Crippen LogP contribution in [0.2, 0.25) is 0 Å². The Morgan fingerprint density at radius 2 is 1.81 bits per heavy atom. The first-order chi connectivity index (χ1) is 14.9. The molecule has 0 bridgehead atoms. The number of hydrogen-bond acceptors (Lipinski definition) is 5. The lowest BCUT2D eigenvalue weighted by Crippen LogP contribution is -2.28. The molecule has 160 valence electrons. The maximum absolute atomic E-state index is 12.8. The van der Waals surface area contributed by atoms with Crippen LogP contribution in [0.3, 0.4) is 0 Å².